The molecule has 0 bridgehead atoms. The quantitative estimate of drug-likeness (QED) is 0.426. The van der Waals surface area contributed by atoms with E-state index >= 15 is 0 Å². The smallest absolute Gasteiger partial charge is 0.431 e. The normalized spacial score (nSPS) is 22.0. The third-order valence-corrected chi connectivity index (χ3v) is 4.44. The van der Waals surface area contributed by atoms with Crippen molar-refractivity contribution >= 4 is 11.9 Å². The van der Waals surface area contributed by atoms with Crippen LogP contribution in [0.15, 0.2) is 23.9 Å². The number of alkyl halides is 3. The summed E-state index contributed by atoms with van der Waals surface area (Å²) in [6.07, 6.45) is -1.73. The zero-order valence-corrected chi connectivity index (χ0v) is 14.4. The van der Waals surface area contributed by atoms with Gasteiger partial charge in [-0.05, 0) is 38.5 Å². The Morgan fingerprint density at radius 2 is 1.84 bits per heavy atom. The fraction of sp³-hybridized carbons (Fsp3) is 0.647. The molecule has 0 heterocycles. The van der Waals surface area contributed by atoms with Crippen LogP contribution in [0.2, 0.25) is 0 Å². The first-order valence-corrected chi connectivity index (χ1v) is 8.17. The van der Waals surface area contributed by atoms with Crippen LogP contribution in [-0.2, 0) is 14.3 Å². The number of esters is 1. The lowest BCUT2D eigenvalue weighted by molar-refractivity contribution is -0.144. The van der Waals surface area contributed by atoms with Gasteiger partial charge in [-0.1, -0.05) is 12.7 Å². The summed E-state index contributed by atoms with van der Waals surface area (Å²) < 4.78 is 45.0. The first-order chi connectivity index (χ1) is 11.6. The van der Waals surface area contributed by atoms with Crippen molar-refractivity contribution in [3.63, 3.8) is 0 Å². The summed E-state index contributed by atoms with van der Waals surface area (Å²) in [5.41, 5.74) is -2.05. The molecular weight excluding hydrogens is 339 g/mol. The molecule has 8 heteroatoms. The maximum absolute atomic E-state index is 13.4. The molecule has 1 rings (SSSR count). The van der Waals surface area contributed by atoms with Crippen LogP contribution in [-0.4, -0.2) is 47.8 Å². The summed E-state index contributed by atoms with van der Waals surface area (Å²) in [7, 11) is 1.26. The molecule has 0 saturated heterocycles. The molecule has 0 unspecified atom stereocenters. The third-order valence-electron chi connectivity index (χ3n) is 4.44. The van der Waals surface area contributed by atoms with E-state index in [1.54, 1.807) is 6.92 Å². The van der Waals surface area contributed by atoms with Gasteiger partial charge in [-0.15, -0.1) is 0 Å². The Labute approximate surface area is 145 Å². The van der Waals surface area contributed by atoms with Crippen molar-refractivity contribution in [2.24, 2.45) is 5.92 Å². The van der Waals surface area contributed by atoms with Gasteiger partial charge in [0.15, 0.2) is 0 Å². The van der Waals surface area contributed by atoms with Crippen molar-refractivity contribution in [1.82, 2.24) is 4.90 Å². The summed E-state index contributed by atoms with van der Waals surface area (Å²) in [6, 6.07) is -0.440. The second-order valence-electron chi connectivity index (χ2n) is 6.06. The van der Waals surface area contributed by atoms with E-state index in [-0.39, 0.29) is 18.3 Å². The molecular formula is C17H24F3NO4. The molecule has 5 nitrogen and oxygen atoms in total. The van der Waals surface area contributed by atoms with E-state index in [1.807, 2.05) is 0 Å². The molecule has 25 heavy (non-hydrogen) atoms. The van der Waals surface area contributed by atoms with Crippen LogP contribution < -0.4 is 0 Å². The van der Waals surface area contributed by atoms with E-state index in [4.69, 9.17) is 9.84 Å². The summed E-state index contributed by atoms with van der Waals surface area (Å²) in [5.74, 6) is -1.87. The van der Waals surface area contributed by atoms with Crippen LogP contribution in [0.1, 0.15) is 39.0 Å². The van der Waals surface area contributed by atoms with Gasteiger partial charge in [-0.3, -0.25) is 4.79 Å². The molecule has 1 fully saturated rings. The molecule has 1 N–H and O–H groups in total. The monoisotopic (exact) mass is 363 g/mol. The number of hydrogen-bond acceptors (Lipinski definition) is 4. The van der Waals surface area contributed by atoms with Gasteiger partial charge in [0.25, 0.3) is 0 Å². The number of carbonyl (C=O) groups excluding carboxylic acids is 1. The molecule has 0 aromatic carbocycles. The van der Waals surface area contributed by atoms with Crippen molar-refractivity contribution in [2.45, 2.75) is 51.2 Å². The van der Waals surface area contributed by atoms with Crippen molar-refractivity contribution in [1.29, 1.82) is 0 Å². The maximum atomic E-state index is 13.4. The molecule has 1 saturated carbocycles. The number of carboxylic acids is 1. The Balaban J connectivity index is 2.85. The predicted octanol–water partition coefficient (Wildman–Crippen LogP) is 3.52. The number of allylic oxidation sites excluding steroid dienone is 1. The minimum Gasteiger partial charge on any atom is -0.478 e. The van der Waals surface area contributed by atoms with Crippen LogP contribution in [0.5, 0.6) is 0 Å². The minimum atomic E-state index is -4.79. The van der Waals surface area contributed by atoms with Gasteiger partial charge >= 0.3 is 18.1 Å². The van der Waals surface area contributed by atoms with E-state index in [2.05, 4.69) is 6.58 Å². The van der Waals surface area contributed by atoms with Gasteiger partial charge in [-0.2, -0.15) is 13.2 Å². The van der Waals surface area contributed by atoms with Crippen molar-refractivity contribution in [3.8, 4) is 0 Å². The minimum absolute atomic E-state index is 0.0837. The Kier molecular flexibility index (Phi) is 7.51. The second-order valence-corrected chi connectivity index (χ2v) is 6.06. The molecule has 142 valence electrons. The van der Waals surface area contributed by atoms with Gasteiger partial charge in [0.2, 0.25) is 0 Å². The standard InChI is InChI=1S/C17H24F3NO4/c1-4-13(16(23)24)15(17(18,19)20)21(3)12-8-6-11(7-9-12)10-14(22)25-5-2/h4,11-12H,1,5-10H2,2-3H3,(H,23,24). The highest BCUT2D eigenvalue weighted by atomic mass is 19.4. The average molecular weight is 363 g/mol. The van der Waals surface area contributed by atoms with Gasteiger partial charge in [0.1, 0.15) is 5.70 Å². The zero-order chi connectivity index (χ0) is 19.2. The van der Waals surface area contributed by atoms with Crippen LogP contribution in [0.25, 0.3) is 0 Å². The number of hydrogen-bond donors (Lipinski definition) is 1. The summed E-state index contributed by atoms with van der Waals surface area (Å²) in [4.78, 5) is 23.6. The van der Waals surface area contributed by atoms with Crippen molar-refractivity contribution < 1.29 is 32.6 Å². The van der Waals surface area contributed by atoms with E-state index in [9.17, 15) is 22.8 Å². The number of halogens is 3. The lowest BCUT2D eigenvalue weighted by atomic mass is 9.83. The lowest BCUT2D eigenvalue weighted by Crippen LogP contribution is -2.40. The topological polar surface area (TPSA) is 66.8 Å². The zero-order valence-electron chi connectivity index (χ0n) is 14.4. The molecule has 0 aromatic heterocycles. The summed E-state index contributed by atoms with van der Waals surface area (Å²) in [5, 5.41) is 9.04. The molecule has 0 aliphatic heterocycles. The Hall–Kier alpha value is -1.99. The number of nitrogens with zero attached hydrogens (tertiary/aromatic N) is 1. The first kappa shape index (κ1) is 21.1. The molecule has 1 aliphatic rings. The van der Waals surface area contributed by atoms with E-state index < -0.39 is 29.5 Å². The van der Waals surface area contributed by atoms with E-state index in [0.29, 0.717) is 38.4 Å². The average Bonchev–Trinajstić information content (AvgIpc) is 2.51. The van der Waals surface area contributed by atoms with Crippen molar-refractivity contribution in [2.75, 3.05) is 13.7 Å². The van der Waals surface area contributed by atoms with Gasteiger partial charge in [-0.25, -0.2) is 4.79 Å². The lowest BCUT2D eigenvalue weighted by Gasteiger charge is -2.37. The highest BCUT2D eigenvalue weighted by Crippen LogP contribution is 2.37. The largest absolute Gasteiger partial charge is 0.478 e. The highest BCUT2D eigenvalue weighted by molar-refractivity contribution is 5.90. The number of aliphatic carboxylic acids is 1. The van der Waals surface area contributed by atoms with Gasteiger partial charge < -0.3 is 14.7 Å². The Bertz CT molecular complexity index is 535. The Morgan fingerprint density at radius 1 is 1.28 bits per heavy atom. The summed E-state index contributed by atoms with van der Waals surface area (Å²) in [6.45, 7) is 5.21. The number of carbonyl (C=O) groups is 2. The third kappa shape index (κ3) is 5.79. The summed E-state index contributed by atoms with van der Waals surface area (Å²) >= 11 is 0. The van der Waals surface area contributed by atoms with Crippen molar-refractivity contribution in [3.05, 3.63) is 23.9 Å². The molecule has 0 atom stereocenters. The van der Waals surface area contributed by atoms with Crippen LogP contribution in [0.3, 0.4) is 0 Å². The van der Waals surface area contributed by atoms with Crippen LogP contribution in [0, 0.1) is 5.92 Å². The molecule has 1 aliphatic carbocycles. The molecule has 0 aromatic rings. The number of rotatable bonds is 7. The number of ether oxygens (including phenoxy) is 1. The fourth-order valence-corrected chi connectivity index (χ4v) is 3.20. The highest BCUT2D eigenvalue weighted by Gasteiger charge is 2.42. The maximum Gasteiger partial charge on any atom is 0.431 e. The SMILES string of the molecule is C=CC(C(=O)O)=C(N(C)C1CCC(CC(=O)OCC)CC1)C(F)(F)F. The van der Waals surface area contributed by atoms with Gasteiger partial charge in [0.05, 0.1) is 12.2 Å². The van der Waals surface area contributed by atoms with E-state index in [0.717, 1.165) is 4.90 Å². The fourth-order valence-electron chi connectivity index (χ4n) is 3.20. The molecule has 0 amide bonds. The van der Waals surface area contributed by atoms with Crippen LogP contribution in [0.4, 0.5) is 13.2 Å². The molecule has 0 spiro atoms. The van der Waals surface area contributed by atoms with Gasteiger partial charge in [0, 0.05) is 19.5 Å². The first-order valence-electron chi connectivity index (χ1n) is 8.17. The van der Waals surface area contributed by atoms with Crippen LogP contribution >= 0.6 is 0 Å². The second kappa shape index (κ2) is 8.92. The number of carboxylic acid groups (broad SMARTS) is 1. The van der Waals surface area contributed by atoms with E-state index in [1.165, 1.54) is 7.05 Å². The Morgan fingerprint density at radius 3 is 2.24 bits per heavy atom. The molecule has 0 radical (unpaired) electrons. The predicted molar refractivity (Wildman–Crippen MR) is 85.7 cm³/mol.